The topological polar surface area (TPSA) is 169 Å². The van der Waals surface area contributed by atoms with E-state index < -0.39 is 23.7 Å². The molecule has 0 saturated carbocycles. The van der Waals surface area contributed by atoms with Gasteiger partial charge in [0.05, 0.1) is 56.9 Å². The number of methoxy groups -OCH3 is 8. The van der Waals surface area contributed by atoms with Crippen LogP contribution in [0.4, 0.5) is 0 Å². The van der Waals surface area contributed by atoms with Gasteiger partial charge in [-0.1, -0.05) is 310 Å². The van der Waals surface area contributed by atoms with Gasteiger partial charge in [0, 0.05) is 68.2 Å². The van der Waals surface area contributed by atoms with Crippen molar-refractivity contribution < 1.29 is 37.9 Å². The largest absolute Gasteiger partial charge is 0.495 e. The molecule has 4 aromatic rings. The van der Waals surface area contributed by atoms with Gasteiger partial charge < -0.3 is 37.9 Å². The molecule has 4 aromatic carbocycles. The maximum absolute atomic E-state index is 11.8. The normalized spacial score (nSPS) is 14.6. The fraction of sp³-hybridized carbons (Fsp3) is 0.696. The molecular formula is C92H140N4O8. The van der Waals surface area contributed by atoms with Crippen molar-refractivity contribution in [3.8, 4) is 70.3 Å². The third-order valence-corrected chi connectivity index (χ3v) is 22.6. The number of unbranched alkanes of at least 4 members (excludes halogenated alkanes) is 40. The van der Waals surface area contributed by atoms with Crippen molar-refractivity contribution in [1.29, 1.82) is 21.0 Å². The number of hydrogen-bond donors (Lipinski definition) is 0. The van der Waals surface area contributed by atoms with Crippen molar-refractivity contribution in [3.05, 3.63) is 91.0 Å². The monoisotopic (exact) mass is 1430 g/mol. The van der Waals surface area contributed by atoms with Gasteiger partial charge >= 0.3 is 0 Å². The van der Waals surface area contributed by atoms with E-state index in [1.165, 1.54) is 180 Å². The predicted octanol–water partition coefficient (Wildman–Crippen LogP) is 26.9. The van der Waals surface area contributed by atoms with Crippen LogP contribution >= 0.6 is 0 Å². The highest BCUT2D eigenvalue weighted by molar-refractivity contribution is 5.73. The average molecular weight is 1430 g/mol. The van der Waals surface area contributed by atoms with Gasteiger partial charge in [-0.3, -0.25) is 0 Å². The summed E-state index contributed by atoms with van der Waals surface area (Å²) in [7, 11) is 13.1. The first-order valence-electron chi connectivity index (χ1n) is 41.9. The molecule has 0 spiro atoms. The van der Waals surface area contributed by atoms with Crippen LogP contribution in [0, 0.1) is 45.3 Å². The van der Waals surface area contributed by atoms with E-state index in [-0.39, 0.29) is 22.3 Å². The molecule has 12 heteroatoms. The van der Waals surface area contributed by atoms with E-state index in [4.69, 9.17) is 37.9 Å². The maximum atomic E-state index is 11.8. The SMILES string of the molecule is CCCCCCCCCCCCCC1c2cc(c(OC)c(C#N)c2OC)C(CCCCCCCCCCCCC)c2cc(c(OC)c(C#N)c2OC)C(CCCCCCCCCCCCC)c2cc(c(OC)c(C#N)c2OC)C(CCCCCCCCCCCCC)c2cc1c(OC)c(C#N)c2OC. The molecule has 1 aliphatic carbocycles. The minimum atomic E-state index is -0.494. The van der Waals surface area contributed by atoms with Gasteiger partial charge in [0.15, 0.2) is 0 Å². The van der Waals surface area contributed by atoms with Crippen LogP contribution in [-0.2, 0) is 0 Å². The molecule has 0 fully saturated rings. The van der Waals surface area contributed by atoms with Crippen molar-refractivity contribution >= 4 is 0 Å². The molecule has 0 N–H and O–H groups in total. The molecule has 0 unspecified atom stereocenters. The van der Waals surface area contributed by atoms with Crippen LogP contribution in [0.5, 0.6) is 46.0 Å². The lowest BCUT2D eigenvalue weighted by molar-refractivity contribution is 0.369. The molecule has 0 heterocycles. The highest BCUT2D eigenvalue weighted by atomic mass is 16.5. The molecular weight excluding hydrogens is 1290 g/mol. The van der Waals surface area contributed by atoms with Crippen LogP contribution in [-0.4, -0.2) is 56.9 Å². The third kappa shape index (κ3) is 25.8. The van der Waals surface area contributed by atoms with Crippen LogP contribution in [0.1, 0.15) is 426 Å². The van der Waals surface area contributed by atoms with Crippen molar-refractivity contribution in [2.45, 2.75) is 360 Å². The Bertz CT molecular complexity index is 2720. The number of nitriles is 4. The minimum absolute atomic E-state index is 0.273. The van der Waals surface area contributed by atoms with Gasteiger partial charge in [-0.25, -0.2) is 0 Å². The highest BCUT2D eigenvalue weighted by Crippen LogP contribution is 2.57. The highest BCUT2D eigenvalue weighted by Gasteiger charge is 2.39. The summed E-state index contributed by atoms with van der Waals surface area (Å²) in [6.07, 6.45) is 54.1. The summed E-state index contributed by atoms with van der Waals surface area (Å²) < 4.78 is 53.0. The summed E-state index contributed by atoms with van der Waals surface area (Å²) in [5.41, 5.74) is 7.33. The van der Waals surface area contributed by atoms with Crippen molar-refractivity contribution in [2.24, 2.45) is 0 Å². The van der Waals surface area contributed by atoms with E-state index >= 15 is 0 Å². The summed E-state index contributed by atoms with van der Waals surface area (Å²) >= 11 is 0. The summed E-state index contributed by atoms with van der Waals surface area (Å²) in [5.74, 6) is 1.23. The quantitative estimate of drug-likeness (QED) is 0.0384. The van der Waals surface area contributed by atoms with Gasteiger partial charge in [-0.15, -0.1) is 0 Å². The van der Waals surface area contributed by atoms with Gasteiger partial charge in [-0.05, 0) is 49.9 Å². The molecule has 0 amide bonds. The van der Waals surface area contributed by atoms with Crippen LogP contribution in [0.2, 0.25) is 0 Å². The van der Waals surface area contributed by atoms with Crippen LogP contribution in [0.15, 0.2) is 24.3 Å². The Morgan fingerprint density at radius 2 is 0.317 bits per heavy atom. The Morgan fingerprint density at radius 1 is 0.202 bits per heavy atom. The van der Waals surface area contributed by atoms with Gasteiger partial charge in [-0.2, -0.15) is 21.0 Å². The summed E-state index contributed by atoms with van der Waals surface area (Å²) in [6, 6.07) is 19.4. The second-order valence-electron chi connectivity index (χ2n) is 29.9. The van der Waals surface area contributed by atoms with Crippen LogP contribution < -0.4 is 37.9 Å². The van der Waals surface area contributed by atoms with Gasteiger partial charge in [0.2, 0.25) is 0 Å². The molecule has 0 radical (unpaired) electrons. The third-order valence-electron chi connectivity index (χ3n) is 22.6. The lowest BCUT2D eigenvalue weighted by Gasteiger charge is -2.33. The van der Waals surface area contributed by atoms with Crippen LogP contribution in [0.25, 0.3) is 0 Å². The smallest absolute Gasteiger partial charge is 0.144 e. The first-order valence-corrected chi connectivity index (χ1v) is 41.9. The second-order valence-corrected chi connectivity index (χ2v) is 29.9. The molecule has 5 rings (SSSR count). The number of ether oxygens (including phenoxy) is 8. The zero-order chi connectivity index (χ0) is 75.1. The van der Waals surface area contributed by atoms with E-state index in [9.17, 15) is 21.0 Å². The lowest BCUT2D eigenvalue weighted by Crippen LogP contribution is -2.17. The Labute approximate surface area is 633 Å². The molecule has 104 heavy (non-hydrogen) atoms. The maximum Gasteiger partial charge on any atom is 0.144 e. The fourth-order valence-electron chi connectivity index (χ4n) is 17.0. The Morgan fingerprint density at radius 3 is 0.423 bits per heavy atom. The van der Waals surface area contributed by atoms with E-state index in [0.717, 1.165) is 147 Å². The zero-order valence-electron chi connectivity index (χ0n) is 67.6. The lowest BCUT2D eigenvalue weighted by atomic mass is 9.74. The Hall–Kier alpha value is -6.76. The van der Waals surface area contributed by atoms with E-state index in [0.29, 0.717) is 71.7 Å². The standard InChI is InChI=1S/C92H140N4O8/c1-13-17-21-25-29-33-37-41-45-49-53-57-69-73-61-75(87(99-7)81(65-93)85(73)97-5)70(58-54-50-46-42-38-34-30-26-22-18-14-2)77-63-79(91(103-11)83(67-95)89(77)101-9)72(60-56-52-48-44-40-36-32-28-24-20-16-4)80-64-78(90(102-10)84(68-96)92(80)104-12)71(59-55-51-47-43-39-35-31-27-23-19-15-3)76-62-74(69)86(98-6)82(66-94)88(76)100-8/h61-64,69-72H,13-60H2,1-12H3. The van der Waals surface area contributed by atoms with Crippen molar-refractivity contribution in [2.75, 3.05) is 56.9 Å². The molecule has 1 aliphatic rings. The molecule has 12 nitrogen and oxygen atoms in total. The zero-order valence-corrected chi connectivity index (χ0v) is 67.6. The van der Waals surface area contributed by atoms with Crippen molar-refractivity contribution in [3.63, 3.8) is 0 Å². The first-order chi connectivity index (χ1) is 51.1. The number of hydrogen-bond acceptors (Lipinski definition) is 12. The fourth-order valence-corrected chi connectivity index (χ4v) is 17.0. The second kappa shape index (κ2) is 52.3. The first kappa shape index (κ1) is 87.9. The number of rotatable bonds is 56. The Kier molecular flexibility index (Phi) is 44.2. The van der Waals surface area contributed by atoms with E-state index in [1.807, 2.05) is 0 Å². The van der Waals surface area contributed by atoms with Gasteiger partial charge in [0.25, 0.3) is 0 Å². The predicted molar refractivity (Wildman–Crippen MR) is 429 cm³/mol. The van der Waals surface area contributed by atoms with Crippen LogP contribution in [0.3, 0.4) is 0 Å². The number of fused-ring (bicyclic) bond motifs is 8. The van der Waals surface area contributed by atoms with Crippen molar-refractivity contribution in [1.82, 2.24) is 0 Å². The number of benzene rings is 4. The number of nitrogens with zero attached hydrogens (tertiary/aromatic N) is 4. The minimum Gasteiger partial charge on any atom is -0.495 e. The summed E-state index contributed by atoms with van der Waals surface area (Å²) in [4.78, 5) is 0. The van der Waals surface area contributed by atoms with E-state index in [2.05, 4.69) is 76.2 Å². The summed E-state index contributed by atoms with van der Waals surface area (Å²) in [5, 5.41) is 47.4. The molecule has 0 aliphatic heterocycles. The molecule has 0 saturated heterocycles. The molecule has 0 aromatic heterocycles. The molecule has 576 valence electrons. The summed E-state index contributed by atoms with van der Waals surface area (Å²) in [6.45, 7) is 9.08. The molecule has 8 bridgehead atoms. The Balaban J connectivity index is 1.96. The van der Waals surface area contributed by atoms with Gasteiger partial charge in [0.1, 0.15) is 92.5 Å². The van der Waals surface area contributed by atoms with E-state index in [1.54, 1.807) is 56.9 Å². The average Bonchev–Trinajstić information content (AvgIpc) is 0.733. The molecule has 0 atom stereocenters.